The van der Waals surface area contributed by atoms with Gasteiger partial charge in [-0.2, -0.15) is 0 Å². The first-order valence-electron chi connectivity index (χ1n) is 13.3. The zero-order chi connectivity index (χ0) is 28.2. The maximum absolute atomic E-state index is 12.3. The summed E-state index contributed by atoms with van der Waals surface area (Å²) >= 11 is 2.85. The lowest BCUT2D eigenvalue weighted by atomic mass is 10.1. The standard InChI is InChI=1S/C30H34N4O4S2/c1-37-23-15-11-21(12-16-23)25-19-39-29(31-25)33-27(35)9-7-5-3-4-6-8-10-28(36)34-30-32-26(20-40-30)22-13-17-24(38-2)18-14-22/h11-20H,3-10H2,1-2H3,(H,31,33,35)(H,32,34,36). The molecule has 0 saturated carbocycles. The van der Waals surface area contributed by atoms with Gasteiger partial charge in [-0.25, -0.2) is 9.97 Å². The Morgan fingerprint density at radius 1 is 0.625 bits per heavy atom. The number of hydrogen-bond acceptors (Lipinski definition) is 8. The van der Waals surface area contributed by atoms with E-state index in [1.165, 1.54) is 22.7 Å². The van der Waals surface area contributed by atoms with Crippen LogP contribution in [0.3, 0.4) is 0 Å². The molecule has 4 rings (SSSR count). The van der Waals surface area contributed by atoms with Gasteiger partial charge in [0.25, 0.3) is 0 Å². The van der Waals surface area contributed by atoms with E-state index in [0.29, 0.717) is 23.1 Å². The molecule has 2 amide bonds. The van der Waals surface area contributed by atoms with E-state index >= 15 is 0 Å². The van der Waals surface area contributed by atoms with Crippen LogP contribution in [0.2, 0.25) is 0 Å². The summed E-state index contributed by atoms with van der Waals surface area (Å²) in [7, 11) is 3.27. The highest BCUT2D eigenvalue weighted by atomic mass is 32.1. The maximum atomic E-state index is 12.3. The monoisotopic (exact) mass is 578 g/mol. The van der Waals surface area contributed by atoms with Crippen LogP contribution < -0.4 is 20.1 Å². The summed E-state index contributed by atoms with van der Waals surface area (Å²) in [6.07, 6.45) is 6.70. The lowest BCUT2D eigenvalue weighted by Gasteiger charge is -2.04. The molecule has 0 bridgehead atoms. The number of aromatic nitrogens is 2. The SMILES string of the molecule is COc1ccc(-c2csc(NC(=O)CCCCCCCCC(=O)Nc3nc(-c4ccc(OC)cc4)cs3)n2)cc1. The van der Waals surface area contributed by atoms with Crippen molar-refractivity contribution < 1.29 is 19.1 Å². The van der Waals surface area contributed by atoms with Gasteiger partial charge in [-0.1, -0.05) is 25.7 Å². The van der Waals surface area contributed by atoms with Crippen molar-refractivity contribution in [3.05, 3.63) is 59.3 Å². The number of nitrogens with zero attached hydrogens (tertiary/aromatic N) is 2. The second-order valence-electron chi connectivity index (χ2n) is 9.25. The van der Waals surface area contributed by atoms with Crippen LogP contribution in [0.5, 0.6) is 11.5 Å². The molecule has 8 nitrogen and oxygen atoms in total. The van der Waals surface area contributed by atoms with Crippen molar-refractivity contribution in [1.29, 1.82) is 0 Å². The van der Waals surface area contributed by atoms with Gasteiger partial charge in [-0.15, -0.1) is 22.7 Å². The molecule has 0 radical (unpaired) electrons. The summed E-state index contributed by atoms with van der Waals surface area (Å²) in [5, 5.41) is 10.9. The van der Waals surface area contributed by atoms with E-state index in [2.05, 4.69) is 20.6 Å². The van der Waals surface area contributed by atoms with Gasteiger partial charge >= 0.3 is 0 Å². The van der Waals surface area contributed by atoms with Crippen LogP contribution in [0.15, 0.2) is 59.3 Å². The molecule has 2 N–H and O–H groups in total. The van der Waals surface area contributed by atoms with Gasteiger partial charge in [0.1, 0.15) is 11.5 Å². The number of ether oxygens (including phenoxy) is 2. The first-order chi connectivity index (χ1) is 19.5. The van der Waals surface area contributed by atoms with Crippen molar-refractivity contribution in [2.24, 2.45) is 0 Å². The molecule has 10 heteroatoms. The molecule has 0 aliphatic rings. The van der Waals surface area contributed by atoms with Gasteiger partial charge in [0.2, 0.25) is 11.8 Å². The molecule has 0 saturated heterocycles. The Morgan fingerprint density at radius 2 is 1.00 bits per heavy atom. The van der Waals surface area contributed by atoms with Crippen LogP contribution >= 0.6 is 22.7 Å². The number of nitrogens with one attached hydrogen (secondary N) is 2. The minimum atomic E-state index is -0.00960. The van der Waals surface area contributed by atoms with Crippen LogP contribution in [0, 0.1) is 0 Å². The number of carbonyl (C=O) groups excluding carboxylic acids is 2. The smallest absolute Gasteiger partial charge is 0.226 e. The van der Waals surface area contributed by atoms with E-state index in [4.69, 9.17) is 9.47 Å². The molecule has 0 spiro atoms. The van der Waals surface area contributed by atoms with E-state index in [1.807, 2.05) is 59.3 Å². The molecule has 0 aliphatic heterocycles. The zero-order valence-corrected chi connectivity index (χ0v) is 24.4. The molecule has 0 unspecified atom stereocenters. The number of hydrogen-bond donors (Lipinski definition) is 2. The molecular weight excluding hydrogens is 544 g/mol. The third-order valence-corrected chi connectivity index (χ3v) is 7.85. The van der Waals surface area contributed by atoms with Gasteiger partial charge in [-0.05, 0) is 61.4 Å². The number of unbranched alkanes of at least 4 members (excludes halogenated alkanes) is 5. The summed E-state index contributed by atoms with van der Waals surface area (Å²) in [4.78, 5) is 33.6. The highest BCUT2D eigenvalue weighted by Crippen LogP contribution is 2.28. The molecule has 2 aromatic carbocycles. The van der Waals surface area contributed by atoms with Crippen molar-refractivity contribution in [3.8, 4) is 34.0 Å². The fourth-order valence-electron chi connectivity index (χ4n) is 4.09. The molecule has 2 heterocycles. The Hall–Kier alpha value is -3.76. The summed E-state index contributed by atoms with van der Waals surface area (Å²) in [6, 6.07) is 15.4. The van der Waals surface area contributed by atoms with E-state index in [1.54, 1.807) is 14.2 Å². The van der Waals surface area contributed by atoms with Crippen LogP contribution in [-0.2, 0) is 9.59 Å². The summed E-state index contributed by atoms with van der Waals surface area (Å²) < 4.78 is 10.4. The van der Waals surface area contributed by atoms with Crippen molar-refractivity contribution in [2.75, 3.05) is 24.9 Å². The van der Waals surface area contributed by atoms with Crippen molar-refractivity contribution in [1.82, 2.24) is 9.97 Å². The van der Waals surface area contributed by atoms with Gasteiger partial charge in [-0.3, -0.25) is 9.59 Å². The van der Waals surface area contributed by atoms with Crippen molar-refractivity contribution >= 4 is 44.8 Å². The topological polar surface area (TPSA) is 102 Å². The second kappa shape index (κ2) is 15.1. The molecule has 210 valence electrons. The van der Waals surface area contributed by atoms with Crippen LogP contribution in [0.1, 0.15) is 51.4 Å². The van der Waals surface area contributed by atoms with E-state index in [-0.39, 0.29) is 11.8 Å². The van der Waals surface area contributed by atoms with Gasteiger partial charge < -0.3 is 20.1 Å². The minimum Gasteiger partial charge on any atom is -0.497 e. The average molecular weight is 579 g/mol. The first-order valence-corrected chi connectivity index (χ1v) is 15.1. The zero-order valence-electron chi connectivity index (χ0n) is 22.8. The third kappa shape index (κ3) is 8.89. The van der Waals surface area contributed by atoms with Gasteiger partial charge in [0.15, 0.2) is 10.3 Å². The predicted molar refractivity (Wildman–Crippen MR) is 162 cm³/mol. The van der Waals surface area contributed by atoms with Gasteiger partial charge in [0, 0.05) is 34.7 Å². The summed E-state index contributed by atoms with van der Waals surface area (Å²) in [6.45, 7) is 0. The fourth-order valence-corrected chi connectivity index (χ4v) is 5.56. The number of thiazole rings is 2. The van der Waals surface area contributed by atoms with Crippen molar-refractivity contribution in [2.45, 2.75) is 51.4 Å². The Morgan fingerprint density at radius 3 is 1.38 bits per heavy atom. The maximum Gasteiger partial charge on any atom is 0.226 e. The number of anilines is 2. The van der Waals surface area contributed by atoms with Crippen LogP contribution in [0.4, 0.5) is 10.3 Å². The molecule has 4 aromatic rings. The number of methoxy groups -OCH3 is 2. The molecule has 0 atom stereocenters. The first kappa shape index (κ1) is 29.2. The Bertz CT molecular complexity index is 1260. The predicted octanol–water partition coefficient (Wildman–Crippen LogP) is 7.65. The Kier molecular flexibility index (Phi) is 11.1. The number of amides is 2. The molecule has 0 aliphatic carbocycles. The van der Waals surface area contributed by atoms with Crippen LogP contribution in [-0.4, -0.2) is 36.0 Å². The second-order valence-corrected chi connectivity index (χ2v) is 11.0. The fraction of sp³-hybridized carbons (Fsp3) is 0.333. The lowest BCUT2D eigenvalue weighted by molar-refractivity contribution is -0.117. The lowest BCUT2D eigenvalue weighted by Crippen LogP contribution is -2.11. The van der Waals surface area contributed by atoms with Crippen LogP contribution in [0.25, 0.3) is 22.5 Å². The minimum absolute atomic E-state index is 0.00960. The quantitative estimate of drug-likeness (QED) is 0.141. The highest BCUT2D eigenvalue weighted by molar-refractivity contribution is 7.14. The molecular formula is C30H34N4O4S2. The molecule has 2 aromatic heterocycles. The average Bonchev–Trinajstić information content (AvgIpc) is 3.64. The van der Waals surface area contributed by atoms with E-state index < -0.39 is 0 Å². The van der Waals surface area contributed by atoms with E-state index in [0.717, 1.165) is 72.5 Å². The molecule has 0 fully saturated rings. The summed E-state index contributed by atoms with van der Waals surface area (Å²) in [5.41, 5.74) is 3.64. The number of rotatable bonds is 15. The van der Waals surface area contributed by atoms with E-state index in [9.17, 15) is 9.59 Å². The van der Waals surface area contributed by atoms with Gasteiger partial charge in [0.05, 0.1) is 25.6 Å². The Balaban J connectivity index is 1.04. The Labute approximate surface area is 242 Å². The number of carbonyl (C=O) groups is 2. The molecule has 40 heavy (non-hydrogen) atoms. The number of benzene rings is 2. The normalized spacial score (nSPS) is 10.8. The summed E-state index contributed by atoms with van der Waals surface area (Å²) in [5.74, 6) is 1.57. The largest absolute Gasteiger partial charge is 0.497 e. The third-order valence-electron chi connectivity index (χ3n) is 6.33. The van der Waals surface area contributed by atoms with Crippen molar-refractivity contribution in [3.63, 3.8) is 0 Å². The highest BCUT2D eigenvalue weighted by Gasteiger charge is 2.10.